The Morgan fingerprint density at radius 3 is 2.50 bits per heavy atom. The molecule has 0 aliphatic rings. The van der Waals surface area contributed by atoms with Gasteiger partial charge in [-0.3, -0.25) is 0 Å². The number of benzene rings is 1. The summed E-state index contributed by atoms with van der Waals surface area (Å²) in [5, 5.41) is 4.34. The van der Waals surface area contributed by atoms with Crippen LogP contribution in [-0.4, -0.2) is 14.3 Å². The summed E-state index contributed by atoms with van der Waals surface area (Å²) in [5.74, 6) is 0.711. The van der Waals surface area contributed by atoms with Crippen LogP contribution in [0, 0.1) is 6.92 Å². The van der Waals surface area contributed by atoms with Crippen molar-refractivity contribution in [1.82, 2.24) is 14.3 Å². The molecule has 0 aliphatic carbocycles. The van der Waals surface area contributed by atoms with E-state index in [0.717, 1.165) is 16.6 Å². The Morgan fingerprint density at radius 2 is 1.94 bits per heavy atom. The molecule has 1 aromatic heterocycles. The Kier molecular flexibility index (Phi) is 3.71. The van der Waals surface area contributed by atoms with Crippen LogP contribution in [0.1, 0.15) is 32.1 Å². The van der Waals surface area contributed by atoms with Gasteiger partial charge in [-0.05, 0) is 44.5 Å². The highest BCUT2D eigenvalue weighted by atomic mass is 79.9. The second-order valence-electron chi connectivity index (χ2n) is 4.34. The van der Waals surface area contributed by atoms with E-state index in [1.165, 1.54) is 0 Å². The van der Waals surface area contributed by atoms with Crippen LogP contribution >= 0.6 is 15.9 Å². The minimum atomic E-state index is -0.0795. The van der Waals surface area contributed by atoms with E-state index < -0.39 is 0 Å². The van der Waals surface area contributed by atoms with Crippen molar-refractivity contribution in [3.63, 3.8) is 0 Å². The van der Waals surface area contributed by atoms with Gasteiger partial charge in [0.1, 0.15) is 5.82 Å². The Labute approximate surface area is 114 Å². The second kappa shape index (κ2) is 5.10. The van der Waals surface area contributed by atoms with Gasteiger partial charge >= 0.3 is 5.69 Å². The molecule has 0 saturated heterocycles. The molecule has 5 heteroatoms. The minimum Gasteiger partial charge on any atom is -0.247 e. The van der Waals surface area contributed by atoms with Gasteiger partial charge in [-0.25, -0.2) is 14.0 Å². The molecule has 0 radical (unpaired) electrons. The summed E-state index contributed by atoms with van der Waals surface area (Å²) >= 11 is 3.39. The molecule has 0 aliphatic heterocycles. The van der Waals surface area contributed by atoms with E-state index in [2.05, 4.69) is 21.0 Å². The number of halogens is 1. The molecule has 0 saturated carbocycles. The fraction of sp³-hybridized carbons (Fsp3) is 0.385. The summed E-state index contributed by atoms with van der Waals surface area (Å²) in [5.41, 5.74) is 0.763. The summed E-state index contributed by atoms with van der Waals surface area (Å²) in [4.78, 5) is 12.3. The summed E-state index contributed by atoms with van der Waals surface area (Å²) in [6.07, 6.45) is 0.886. The molecule has 1 atom stereocenters. The lowest BCUT2D eigenvalue weighted by Gasteiger charge is -2.06. The minimum absolute atomic E-state index is 0.0795. The summed E-state index contributed by atoms with van der Waals surface area (Å²) in [7, 11) is 0. The highest BCUT2D eigenvalue weighted by Crippen LogP contribution is 2.14. The van der Waals surface area contributed by atoms with E-state index in [9.17, 15) is 4.79 Å². The molecule has 0 bridgehead atoms. The lowest BCUT2D eigenvalue weighted by molar-refractivity contribution is 0.459. The summed E-state index contributed by atoms with van der Waals surface area (Å²) < 4.78 is 4.18. The predicted octanol–water partition coefficient (Wildman–Crippen LogP) is 3.08. The average molecular weight is 310 g/mol. The number of aromatic nitrogens is 3. The monoisotopic (exact) mass is 309 g/mol. The summed E-state index contributed by atoms with van der Waals surface area (Å²) in [6, 6.07) is 7.76. The molecule has 0 spiro atoms. The smallest absolute Gasteiger partial charge is 0.247 e. The Morgan fingerprint density at radius 1 is 1.33 bits per heavy atom. The highest BCUT2D eigenvalue weighted by molar-refractivity contribution is 9.10. The molecule has 0 fully saturated rings. The van der Waals surface area contributed by atoms with Crippen LogP contribution in [0.4, 0.5) is 0 Å². The molecule has 1 aromatic carbocycles. The lowest BCUT2D eigenvalue weighted by Crippen LogP contribution is -2.26. The molecule has 4 nitrogen and oxygen atoms in total. The third-order valence-corrected chi connectivity index (χ3v) is 3.59. The van der Waals surface area contributed by atoms with Gasteiger partial charge in [0.15, 0.2) is 0 Å². The molecule has 2 aromatic rings. The first kappa shape index (κ1) is 13.1. The van der Waals surface area contributed by atoms with E-state index >= 15 is 0 Å². The van der Waals surface area contributed by atoms with Crippen molar-refractivity contribution in [2.24, 2.45) is 0 Å². The summed E-state index contributed by atoms with van der Waals surface area (Å²) in [6.45, 7) is 5.90. The van der Waals surface area contributed by atoms with Gasteiger partial charge in [0.2, 0.25) is 0 Å². The van der Waals surface area contributed by atoms with Crippen LogP contribution in [0.25, 0.3) is 5.69 Å². The predicted molar refractivity (Wildman–Crippen MR) is 75.3 cm³/mol. The average Bonchev–Trinajstić information content (AvgIpc) is 2.65. The standard InChI is InChI=1S/C13H16BrN3O/c1-4-9(2)17-13(18)16(10(3)15-17)12-7-5-11(14)6-8-12/h5-9H,4H2,1-3H3. The van der Waals surface area contributed by atoms with E-state index in [1.54, 1.807) is 9.25 Å². The molecule has 0 amide bonds. The molecule has 0 N–H and O–H groups in total. The maximum absolute atomic E-state index is 12.3. The van der Waals surface area contributed by atoms with Crippen LogP contribution in [0.2, 0.25) is 0 Å². The molecule has 96 valence electrons. The number of nitrogens with zero attached hydrogens (tertiary/aromatic N) is 3. The van der Waals surface area contributed by atoms with Crippen LogP contribution in [-0.2, 0) is 0 Å². The van der Waals surface area contributed by atoms with Crippen LogP contribution in [0.3, 0.4) is 0 Å². The first-order valence-corrected chi connectivity index (χ1v) is 6.78. The topological polar surface area (TPSA) is 39.8 Å². The zero-order valence-corrected chi connectivity index (χ0v) is 12.3. The van der Waals surface area contributed by atoms with Crippen LogP contribution in [0.15, 0.2) is 33.5 Å². The molecule has 2 rings (SSSR count). The van der Waals surface area contributed by atoms with Crippen molar-refractivity contribution < 1.29 is 0 Å². The van der Waals surface area contributed by atoms with Crippen molar-refractivity contribution in [3.8, 4) is 5.69 Å². The molecular formula is C13H16BrN3O. The number of aryl methyl sites for hydroxylation is 1. The Bertz CT molecular complexity index is 598. The van der Waals surface area contributed by atoms with Gasteiger partial charge in [-0.15, -0.1) is 0 Å². The zero-order valence-electron chi connectivity index (χ0n) is 10.7. The van der Waals surface area contributed by atoms with E-state index in [1.807, 2.05) is 45.0 Å². The van der Waals surface area contributed by atoms with Crippen LogP contribution < -0.4 is 5.69 Å². The van der Waals surface area contributed by atoms with E-state index in [-0.39, 0.29) is 11.7 Å². The first-order chi connectivity index (χ1) is 8.54. The van der Waals surface area contributed by atoms with Gasteiger partial charge < -0.3 is 0 Å². The molecule has 1 unspecified atom stereocenters. The zero-order chi connectivity index (χ0) is 13.3. The van der Waals surface area contributed by atoms with Gasteiger partial charge in [0.25, 0.3) is 0 Å². The Hall–Kier alpha value is -1.36. The van der Waals surface area contributed by atoms with Crippen molar-refractivity contribution in [2.45, 2.75) is 33.2 Å². The molecule has 18 heavy (non-hydrogen) atoms. The van der Waals surface area contributed by atoms with Crippen molar-refractivity contribution in [1.29, 1.82) is 0 Å². The number of hydrogen-bond acceptors (Lipinski definition) is 2. The molecular weight excluding hydrogens is 294 g/mol. The number of rotatable bonds is 3. The third-order valence-electron chi connectivity index (χ3n) is 3.06. The maximum atomic E-state index is 12.3. The van der Waals surface area contributed by atoms with Gasteiger partial charge in [0, 0.05) is 4.47 Å². The lowest BCUT2D eigenvalue weighted by atomic mass is 10.3. The van der Waals surface area contributed by atoms with E-state index in [0.29, 0.717) is 5.82 Å². The first-order valence-electron chi connectivity index (χ1n) is 5.98. The number of hydrogen-bond donors (Lipinski definition) is 0. The maximum Gasteiger partial charge on any atom is 0.350 e. The van der Waals surface area contributed by atoms with Gasteiger partial charge in [-0.1, -0.05) is 22.9 Å². The van der Waals surface area contributed by atoms with Gasteiger partial charge in [0.05, 0.1) is 11.7 Å². The highest BCUT2D eigenvalue weighted by Gasteiger charge is 2.14. The SMILES string of the molecule is CCC(C)n1nc(C)n(-c2ccc(Br)cc2)c1=O. The second-order valence-corrected chi connectivity index (χ2v) is 5.26. The van der Waals surface area contributed by atoms with Crippen LogP contribution in [0.5, 0.6) is 0 Å². The van der Waals surface area contributed by atoms with Crippen molar-refractivity contribution >= 4 is 15.9 Å². The van der Waals surface area contributed by atoms with Crippen molar-refractivity contribution in [3.05, 3.63) is 45.0 Å². The van der Waals surface area contributed by atoms with Crippen molar-refractivity contribution in [2.75, 3.05) is 0 Å². The fourth-order valence-corrected chi connectivity index (χ4v) is 2.10. The molecule has 1 heterocycles. The fourth-order valence-electron chi connectivity index (χ4n) is 1.83. The largest absolute Gasteiger partial charge is 0.350 e. The third kappa shape index (κ3) is 2.27. The van der Waals surface area contributed by atoms with E-state index in [4.69, 9.17) is 0 Å². The Balaban J connectivity index is 2.55. The van der Waals surface area contributed by atoms with Gasteiger partial charge in [-0.2, -0.15) is 5.10 Å². The normalized spacial score (nSPS) is 12.7. The quantitative estimate of drug-likeness (QED) is 0.874.